The Morgan fingerprint density at radius 3 is 2.82 bits per heavy atom. The number of rotatable bonds is 4. The van der Waals surface area contributed by atoms with Crippen LogP contribution < -0.4 is 5.32 Å². The largest absolute Gasteiger partial charge is 0.343 e. The maximum atomic E-state index is 10.9. The smallest absolute Gasteiger partial charge is 0.221 e. The van der Waals surface area contributed by atoms with Crippen molar-refractivity contribution in [2.24, 2.45) is 5.92 Å². The van der Waals surface area contributed by atoms with E-state index in [4.69, 9.17) is 5.26 Å². The molecule has 1 atom stereocenters. The van der Waals surface area contributed by atoms with Gasteiger partial charge in [-0.3, -0.25) is 4.79 Å². The minimum atomic E-state index is -0.0269. The molecule has 0 fully saturated rings. The first-order chi connectivity index (χ1) is 5.20. The van der Waals surface area contributed by atoms with Crippen LogP contribution in [-0.4, -0.2) is 12.5 Å². The normalized spacial score (nSPS) is 11.7. The Bertz CT molecular complexity index is 160. The first-order valence-corrected chi connectivity index (χ1v) is 3.84. The Kier molecular flexibility index (Phi) is 5.18. The lowest BCUT2D eigenvalue weighted by molar-refractivity contribution is -0.121. The second kappa shape index (κ2) is 5.72. The van der Waals surface area contributed by atoms with Crippen LogP contribution in [0.25, 0.3) is 0 Å². The van der Waals surface area contributed by atoms with Crippen LogP contribution in [0.3, 0.4) is 0 Å². The molecule has 0 aromatic heterocycles. The quantitative estimate of drug-likeness (QED) is 0.615. The predicted molar refractivity (Wildman–Crippen MR) is 42.7 cm³/mol. The molecule has 0 saturated heterocycles. The summed E-state index contributed by atoms with van der Waals surface area (Å²) in [5.74, 6) is 0.384. The average molecular weight is 154 g/mol. The van der Waals surface area contributed by atoms with E-state index in [1.54, 1.807) is 0 Å². The van der Waals surface area contributed by atoms with E-state index >= 15 is 0 Å². The number of carbonyl (C=O) groups is 1. The van der Waals surface area contributed by atoms with Crippen molar-refractivity contribution in [1.29, 1.82) is 5.26 Å². The average Bonchev–Trinajstić information content (AvgIpc) is 2.00. The highest BCUT2D eigenvalue weighted by Crippen LogP contribution is 2.04. The Morgan fingerprint density at radius 2 is 2.36 bits per heavy atom. The van der Waals surface area contributed by atoms with E-state index in [0.29, 0.717) is 12.3 Å². The molecule has 1 amide bonds. The van der Waals surface area contributed by atoms with Gasteiger partial charge in [0.05, 0.1) is 6.07 Å². The Labute approximate surface area is 67.4 Å². The van der Waals surface area contributed by atoms with Gasteiger partial charge in [-0.2, -0.15) is 5.26 Å². The summed E-state index contributed by atoms with van der Waals surface area (Å²) in [6, 6.07) is 1.86. The lowest BCUT2D eigenvalue weighted by Crippen LogP contribution is -2.24. The van der Waals surface area contributed by atoms with Gasteiger partial charge in [-0.15, -0.1) is 0 Å². The fraction of sp³-hybridized carbons (Fsp3) is 0.750. The second-order valence-electron chi connectivity index (χ2n) is 2.65. The zero-order valence-electron chi connectivity index (χ0n) is 7.05. The molecule has 0 aromatic carbocycles. The molecule has 0 spiro atoms. The van der Waals surface area contributed by atoms with Gasteiger partial charge in [-0.1, -0.05) is 20.3 Å². The molecule has 62 valence electrons. The van der Waals surface area contributed by atoms with E-state index in [0.717, 1.165) is 6.42 Å². The molecule has 3 heteroatoms. The third-order valence-electron chi connectivity index (χ3n) is 1.60. The van der Waals surface area contributed by atoms with Crippen molar-refractivity contribution in [2.75, 3.05) is 6.54 Å². The number of nitriles is 1. The summed E-state index contributed by atoms with van der Waals surface area (Å²) < 4.78 is 0. The summed E-state index contributed by atoms with van der Waals surface area (Å²) in [5.41, 5.74) is 0. The van der Waals surface area contributed by atoms with Crippen LogP contribution in [0.4, 0.5) is 0 Å². The van der Waals surface area contributed by atoms with Gasteiger partial charge in [0.2, 0.25) is 5.91 Å². The van der Waals surface area contributed by atoms with Gasteiger partial charge < -0.3 is 5.32 Å². The van der Waals surface area contributed by atoms with E-state index in [1.807, 2.05) is 19.9 Å². The van der Waals surface area contributed by atoms with Gasteiger partial charge in [0.1, 0.15) is 6.54 Å². The zero-order valence-corrected chi connectivity index (χ0v) is 7.05. The number of carbonyl (C=O) groups excluding carboxylic acids is 1. The van der Waals surface area contributed by atoms with Gasteiger partial charge in [0, 0.05) is 6.42 Å². The van der Waals surface area contributed by atoms with Crippen LogP contribution in [0.2, 0.25) is 0 Å². The van der Waals surface area contributed by atoms with Gasteiger partial charge in [0.25, 0.3) is 0 Å². The molecule has 11 heavy (non-hydrogen) atoms. The number of amides is 1. The van der Waals surface area contributed by atoms with E-state index in [9.17, 15) is 4.79 Å². The van der Waals surface area contributed by atoms with Crippen LogP contribution in [-0.2, 0) is 4.79 Å². The first-order valence-electron chi connectivity index (χ1n) is 3.84. The topological polar surface area (TPSA) is 52.9 Å². The molecule has 1 N–H and O–H groups in total. The highest BCUT2D eigenvalue weighted by molar-refractivity contribution is 5.76. The van der Waals surface area contributed by atoms with E-state index < -0.39 is 0 Å². The number of nitrogens with zero attached hydrogens (tertiary/aromatic N) is 1. The summed E-state index contributed by atoms with van der Waals surface area (Å²) in [6.45, 7) is 4.18. The summed E-state index contributed by atoms with van der Waals surface area (Å²) in [5, 5.41) is 10.6. The van der Waals surface area contributed by atoms with Crippen molar-refractivity contribution in [3.8, 4) is 6.07 Å². The summed E-state index contributed by atoms with van der Waals surface area (Å²) in [6.07, 6.45) is 1.53. The zero-order chi connectivity index (χ0) is 8.69. The van der Waals surface area contributed by atoms with Crippen molar-refractivity contribution in [3.63, 3.8) is 0 Å². The Hall–Kier alpha value is -1.04. The minimum Gasteiger partial charge on any atom is -0.343 e. The van der Waals surface area contributed by atoms with Crippen molar-refractivity contribution >= 4 is 5.91 Å². The third kappa shape index (κ3) is 5.41. The first kappa shape index (κ1) is 9.96. The molecule has 0 bridgehead atoms. The standard InChI is InChI=1S/C8H14N2O/c1-3-7(2)6-8(11)10-5-4-9/h7H,3,5-6H2,1-2H3,(H,10,11). The van der Waals surface area contributed by atoms with Crippen molar-refractivity contribution in [1.82, 2.24) is 5.32 Å². The molecular weight excluding hydrogens is 140 g/mol. The molecule has 0 aliphatic carbocycles. The molecule has 0 rings (SSSR count). The minimum absolute atomic E-state index is 0.0269. The fourth-order valence-electron chi connectivity index (χ4n) is 0.671. The number of hydrogen-bond acceptors (Lipinski definition) is 2. The molecule has 0 heterocycles. The lowest BCUT2D eigenvalue weighted by Gasteiger charge is -2.06. The SMILES string of the molecule is CCC(C)CC(=O)NCC#N. The second-order valence-corrected chi connectivity index (χ2v) is 2.65. The highest BCUT2D eigenvalue weighted by atomic mass is 16.1. The molecule has 1 unspecified atom stereocenters. The van der Waals surface area contributed by atoms with Crippen molar-refractivity contribution in [3.05, 3.63) is 0 Å². The maximum Gasteiger partial charge on any atom is 0.221 e. The van der Waals surface area contributed by atoms with Crippen LogP contribution in [0.15, 0.2) is 0 Å². The molecule has 0 aliphatic rings. The van der Waals surface area contributed by atoms with Crippen LogP contribution in [0.5, 0.6) is 0 Å². The van der Waals surface area contributed by atoms with Gasteiger partial charge in [0.15, 0.2) is 0 Å². The van der Waals surface area contributed by atoms with E-state index in [2.05, 4.69) is 5.32 Å². The lowest BCUT2D eigenvalue weighted by atomic mass is 10.1. The molecule has 0 radical (unpaired) electrons. The predicted octanol–water partition coefficient (Wildman–Crippen LogP) is 1.06. The van der Waals surface area contributed by atoms with Gasteiger partial charge in [-0.25, -0.2) is 0 Å². The number of nitrogens with one attached hydrogen (secondary N) is 1. The third-order valence-corrected chi connectivity index (χ3v) is 1.60. The summed E-state index contributed by atoms with van der Waals surface area (Å²) in [4.78, 5) is 10.9. The van der Waals surface area contributed by atoms with Gasteiger partial charge >= 0.3 is 0 Å². The van der Waals surface area contributed by atoms with Crippen molar-refractivity contribution in [2.45, 2.75) is 26.7 Å². The fourth-order valence-corrected chi connectivity index (χ4v) is 0.671. The maximum absolute atomic E-state index is 10.9. The molecular formula is C8H14N2O. The monoisotopic (exact) mass is 154 g/mol. The molecule has 0 aromatic rings. The molecule has 0 aliphatic heterocycles. The van der Waals surface area contributed by atoms with Crippen LogP contribution >= 0.6 is 0 Å². The van der Waals surface area contributed by atoms with Gasteiger partial charge in [-0.05, 0) is 5.92 Å². The Morgan fingerprint density at radius 1 is 1.73 bits per heavy atom. The molecule has 0 saturated carbocycles. The summed E-state index contributed by atoms with van der Waals surface area (Å²) in [7, 11) is 0. The Balaban J connectivity index is 3.45. The van der Waals surface area contributed by atoms with Crippen molar-refractivity contribution < 1.29 is 4.79 Å². The molecule has 3 nitrogen and oxygen atoms in total. The van der Waals surface area contributed by atoms with E-state index in [-0.39, 0.29) is 12.5 Å². The van der Waals surface area contributed by atoms with E-state index in [1.165, 1.54) is 0 Å². The van der Waals surface area contributed by atoms with Crippen LogP contribution in [0, 0.1) is 17.2 Å². The van der Waals surface area contributed by atoms with Crippen LogP contribution in [0.1, 0.15) is 26.7 Å². The number of hydrogen-bond donors (Lipinski definition) is 1. The summed E-state index contributed by atoms with van der Waals surface area (Å²) >= 11 is 0. The highest BCUT2D eigenvalue weighted by Gasteiger charge is 2.05.